The van der Waals surface area contributed by atoms with Crippen LogP contribution in [0.4, 0.5) is 13.9 Å². The Morgan fingerprint density at radius 2 is 1.95 bits per heavy atom. The average Bonchev–Trinajstić information content (AvgIpc) is 2.77. The summed E-state index contributed by atoms with van der Waals surface area (Å²) >= 11 is 1.24. The lowest BCUT2D eigenvalue weighted by Gasteiger charge is -2.13. The first kappa shape index (κ1) is 13.9. The molecule has 102 valence electrons. The van der Waals surface area contributed by atoms with Gasteiger partial charge in [0.2, 0.25) is 5.13 Å². The maximum Gasteiger partial charge on any atom is 0.203 e. The third kappa shape index (κ3) is 3.26. The van der Waals surface area contributed by atoms with Crippen LogP contribution < -0.4 is 5.32 Å². The van der Waals surface area contributed by atoms with Gasteiger partial charge in [-0.3, -0.25) is 0 Å². The van der Waals surface area contributed by atoms with Crippen LogP contribution in [0.5, 0.6) is 0 Å². The van der Waals surface area contributed by atoms with Crippen molar-refractivity contribution in [3.63, 3.8) is 0 Å². The molecule has 0 saturated carbocycles. The fourth-order valence-electron chi connectivity index (χ4n) is 1.64. The summed E-state index contributed by atoms with van der Waals surface area (Å²) in [5.41, 5.74) is 0.405. The second-order valence-electron chi connectivity index (χ2n) is 4.64. The van der Waals surface area contributed by atoms with E-state index >= 15 is 0 Å². The Morgan fingerprint density at radius 1 is 1.21 bits per heavy atom. The SMILES string of the molecule is CC(C)c1nsc(NC(C)c2ccc(F)cc2F)n1. The van der Waals surface area contributed by atoms with Crippen molar-refractivity contribution in [2.75, 3.05) is 5.32 Å². The zero-order valence-electron chi connectivity index (χ0n) is 10.9. The third-order valence-electron chi connectivity index (χ3n) is 2.73. The molecular formula is C13H15F2N3S. The molecule has 1 N–H and O–H groups in total. The Kier molecular flexibility index (Phi) is 4.09. The Hall–Kier alpha value is -1.56. The van der Waals surface area contributed by atoms with Gasteiger partial charge in [0, 0.05) is 29.1 Å². The van der Waals surface area contributed by atoms with Crippen LogP contribution in [0, 0.1) is 11.6 Å². The fraction of sp³-hybridized carbons (Fsp3) is 0.385. The molecule has 2 rings (SSSR count). The number of hydrogen-bond donors (Lipinski definition) is 1. The van der Waals surface area contributed by atoms with Crippen molar-refractivity contribution >= 4 is 16.7 Å². The molecule has 2 aromatic rings. The molecule has 19 heavy (non-hydrogen) atoms. The molecule has 0 spiro atoms. The largest absolute Gasteiger partial charge is 0.354 e. The first-order valence-electron chi connectivity index (χ1n) is 6.02. The summed E-state index contributed by atoms with van der Waals surface area (Å²) in [6.45, 7) is 5.82. The molecule has 0 radical (unpaired) electrons. The second-order valence-corrected chi connectivity index (χ2v) is 5.40. The molecule has 0 aliphatic rings. The molecular weight excluding hydrogens is 268 g/mol. The Balaban J connectivity index is 2.13. The van der Waals surface area contributed by atoms with Gasteiger partial charge in [-0.1, -0.05) is 19.9 Å². The Morgan fingerprint density at radius 3 is 2.53 bits per heavy atom. The highest BCUT2D eigenvalue weighted by molar-refractivity contribution is 7.09. The number of hydrogen-bond acceptors (Lipinski definition) is 4. The van der Waals surface area contributed by atoms with E-state index in [1.807, 2.05) is 13.8 Å². The number of halogens is 2. The highest BCUT2D eigenvalue weighted by Crippen LogP contribution is 2.24. The molecule has 1 unspecified atom stereocenters. The molecule has 0 aliphatic heterocycles. The van der Waals surface area contributed by atoms with Crippen LogP contribution in [0.25, 0.3) is 0 Å². The van der Waals surface area contributed by atoms with Crippen molar-refractivity contribution in [3.8, 4) is 0 Å². The fourth-order valence-corrected chi connectivity index (χ4v) is 2.44. The van der Waals surface area contributed by atoms with Gasteiger partial charge in [-0.05, 0) is 13.0 Å². The van der Waals surface area contributed by atoms with Crippen LogP contribution in [0.2, 0.25) is 0 Å². The first-order chi connectivity index (χ1) is 8.97. The molecule has 1 atom stereocenters. The number of nitrogens with one attached hydrogen (secondary N) is 1. The molecule has 1 aromatic heterocycles. The molecule has 0 saturated heterocycles. The molecule has 0 bridgehead atoms. The lowest BCUT2D eigenvalue weighted by molar-refractivity contribution is 0.566. The zero-order valence-corrected chi connectivity index (χ0v) is 11.8. The summed E-state index contributed by atoms with van der Waals surface area (Å²) in [6, 6.07) is 3.27. The first-order valence-corrected chi connectivity index (χ1v) is 6.79. The Labute approximate surface area is 114 Å². The van der Waals surface area contributed by atoms with Gasteiger partial charge in [0.1, 0.15) is 17.5 Å². The second kappa shape index (κ2) is 5.61. The molecule has 6 heteroatoms. The van der Waals surface area contributed by atoms with Crippen molar-refractivity contribution in [2.45, 2.75) is 32.7 Å². The number of anilines is 1. The number of rotatable bonds is 4. The van der Waals surface area contributed by atoms with Crippen LogP contribution >= 0.6 is 11.5 Å². The van der Waals surface area contributed by atoms with E-state index in [9.17, 15) is 8.78 Å². The molecule has 1 aromatic carbocycles. The summed E-state index contributed by atoms with van der Waals surface area (Å²) in [4.78, 5) is 4.32. The van der Waals surface area contributed by atoms with Crippen LogP contribution in [0.1, 0.15) is 44.1 Å². The maximum atomic E-state index is 13.6. The topological polar surface area (TPSA) is 37.8 Å². The van der Waals surface area contributed by atoms with Crippen LogP contribution in [-0.4, -0.2) is 9.36 Å². The van der Waals surface area contributed by atoms with E-state index in [1.165, 1.54) is 23.7 Å². The van der Waals surface area contributed by atoms with E-state index in [2.05, 4.69) is 14.7 Å². The zero-order chi connectivity index (χ0) is 14.0. The van der Waals surface area contributed by atoms with Gasteiger partial charge >= 0.3 is 0 Å². The van der Waals surface area contributed by atoms with Gasteiger partial charge in [0.05, 0.1) is 6.04 Å². The highest BCUT2D eigenvalue weighted by Gasteiger charge is 2.14. The van der Waals surface area contributed by atoms with E-state index in [1.54, 1.807) is 6.92 Å². The minimum absolute atomic E-state index is 0.254. The van der Waals surface area contributed by atoms with Gasteiger partial charge < -0.3 is 5.32 Å². The Bertz CT molecular complexity index is 569. The smallest absolute Gasteiger partial charge is 0.203 e. The summed E-state index contributed by atoms with van der Waals surface area (Å²) in [5.74, 6) is -0.121. The van der Waals surface area contributed by atoms with Crippen molar-refractivity contribution < 1.29 is 8.78 Å². The molecule has 3 nitrogen and oxygen atoms in total. The minimum atomic E-state index is -0.577. The van der Waals surface area contributed by atoms with E-state index in [4.69, 9.17) is 0 Å². The van der Waals surface area contributed by atoms with Crippen LogP contribution in [0.15, 0.2) is 18.2 Å². The van der Waals surface area contributed by atoms with Gasteiger partial charge in [0.15, 0.2) is 0 Å². The molecule has 0 aliphatic carbocycles. The van der Waals surface area contributed by atoms with Crippen molar-refractivity contribution in [3.05, 3.63) is 41.2 Å². The van der Waals surface area contributed by atoms with Crippen molar-refractivity contribution in [1.82, 2.24) is 9.36 Å². The third-order valence-corrected chi connectivity index (χ3v) is 3.39. The minimum Gasteiger partial charge on any atom is -0.354 e. The molecule has 1 heterocycles. The van der Waals surface area contributed by atoms with Crippen molar-refractivity contribution in [2.24, 2.45) is 0 Å². The van der Waals surface area contributed by atoms with Gasteiger partial charge in [-0.25, -0.2) is 13.8 Å². The predicted octanol–water partition coefficient (Wildman–Crippen LogP) is 4.11. The predicted molar refractivity (Wildman–Crippen MR) is 72.4 cm³/mol. The monoisotopic (exact) mass is 283 g/mol. The summed E-state index contributed by atoms with van der Waals surface area (Å²) < 4.78 is 30.7. The average molecular weight is 283 g/mol. The van der Waals surface area contributed by atoms with E-state index in [0.29, 0.717) is 10.7 Å². The van der Waals surface area contributed by atoms with E-state index < -0.39 is 11.6 Å². The lowest BCUT2D eigenvalue weighted by atomic mass is 10.1. The standard InChI is InChI=1S/C13H15F2N3S/c1-7(2)12-17-13(19-18-12)16-8(3)10-5-4-9(14)6-11(10)15/h4-8H,1-3H3,(H,16,17,18). The summed E-state index contributed by atoms with van der Waals surface area (Å²) in [7, 11) is 0. The summed E-state index contributed by atoms with van der Waals surface area (Å²) in [6.07, 6.45) is 0. The van der Waals surface area contributed by atoms with Gasteiger partial charge in [-0.2, -0.15) is 4.37 Å². The molecule has 0 amide bonds. The van der Waals surface area contributed by atoms with Crippen molar-refractivity contribution in [1.29, 1.82) is 0 Å². The quantitative estimate of drug-likeness (QED) is 0.917. The van der Waals surface area contributed by atoms with Crippen LogP contribution in [0.3, 0.4) is 0 Å². The van der Waals surface area contributed by atoms with Crippen LogP contribution in [-0.2, 0) is 0 Å². The maximum absolute atomic E-state index is 13.6. The summed E-state index contributed by atoms with van der Waals surface area (Å²) in [5, 5.41) is 3.72. The highest BCUT2D eigenvalue weighted by atomic mass is 32.1. The number of aromatic nitrogens is 2. The normalized spacial score (nSPS) is 12.7. The molecule has 0 fully saturated rings. The number of benzene rings is 1. The van der Waals surface area contributed by atoms with E-state index in [-0.39, 0.29) is 12.0 Å². The number of nitrogens with zero attached hydrogens (tertiary/aromatic N) is 2. The van der Waals surface area contributed by atoms with Gasteiger partial charge in [0.25, 0.3) is 0 Å². The van der Waals surface area contributed by atoms with E-state index in [0.717, 1.165) is 11.9 Å². The van der Waals surface area contributed by atoms with Gasteiger partial charge in [-0.15, -0.1) is 0 Å². The lowest BCUT2D eigenvalue weighted by Crippen LogP contribution is -2.08.